The fourth-order valence-corrected chi connectivity index (χ4v) is 4.23. The van der Waals surface area contributed by atoms with Crippen LogP contribution in [0.1, 0.15) is 25.3 Å². The lowest BCUT2D eigenvalue weighted by Crippen LogP contribution is -2.53. The molecule has 9 nitrogen and oxygen atoms in total. The van der Waals surface area contributed by atoms with Crippen LogP contribution < -0.4 is 10.6 Å². The minimum absolute atomic E-state index is 0.0951. The highest BCUT2D eigenvalue weighted by Gasteiger charge is 2.56. The van der Waals surface area contributed by atoms with Crippen LogP contribution in [0.2, 0.25) is 0 Å². The molecule has 4 rings (SSSR count). The Balaban J connectivity index is 1.23. The zero-order valence-electron chi connectivity index (χ0n) is 18.0. The van der Waals surface area contributed by atoms with E-state index >= 15 is 0 Å². The quantitative estimate of drug-likeness (QED) is 0.654. The molecule has 0 bridgehead atoms. The van der Waals surface area contributed by atoms with Gasteiger partial charge in [-0.1, -0.05) is 17.7 Å². The Morgan fingerprint density at radius 2 is 1.71 bits per heavy atom. The minimum atomic E-state index is -0.874. The molecule has 5 amide bonds. The van der Waals surface area contributed by atoms with E-state index in [2.05, 4.69) is 10.6 Å². The maximum absolute atomic E-state index is 12.7. The summed E-state index contributed by atoms with van der Waals surface area (Å²) >= 11 is 0. The molecule has 0 unspecified atom stereocenters. The van der Waals surface area contributed by atoms with Gasteiger partial charge in [-0.15, -0.1) is 0 Å². The molecule has 1 atom stereocenters. The maximum atomic E-state index is 12.7. The van der Waals surface area contributed by atoms with Crippen LogP contribution in [0.4, 0.5) is 10.5 Å². The topological polar surface area (TPSA) is 102 Å². The molecular formula is C22H29N5O4. The number of anilines is 1. The van der Waals surface area contributed by atoms with Gasteiger partial charge in [0.25, 0.3) is 5.91 Å². The van der Waals surface area contributed by atoms with Gasteiger partial charge in [0.05, 0.1) is 6.54 Å². The third kappa shape index (κ3) is 4.56. The van der Waals surface area contributed by atoms with Crippen LogP contribution in [0.15, 0.2) is 24.3 Å². The zero-order valence-corrected chi connectivity index (χ0v) is 18.0. The van der Waals surface area contributed by atoms with E-state index in [1.54, 1.807) is 11.8 Å². The van der Waals surface area contributed by atoms with Crippen molar-refractivity contribution in [3.05, 3.63) is 29.8 Å². The molecule has 2 heterocycles. The lowest BCUT2D eigenvalue weighted by molar-refractivity contribution is -0.140. The van der Waals surface area contributed by atoms with Crippen molar-refractivity contribution >= 4 is 29.4 Å². The number of nitrogens with zero attached hydrogens (tertiary/aromatic N) is 3. The largest absolute Gasteiger partial charge is 0.339 e. The van der Waals surface area contributed by atoms with E-state index in [0.717, 1.165) is 29.0 Å². The van der Waals surface area contributed by atoms with Crippen LogP contribution in [-0.4, -0.2) is 83.3 Å². The van der Waals surface area contributed by atoms with Gasteiger partial charge >= 0.3 is 6.03 Å². The first-order valence-electron chi connectivity index (χ1n) is 10.8. The molecule has 31 heavy (non-hydrogen) atoms. The fourth-order valence-electron chi connectivity index (χ4n) is 4.23. The van der Waals surface area contributed by atoms with E-state index in [1.165, 1.54) is 0 Å². The molecular weight excluding hydrogens is 398 g/mol. The lowest BCUT2D eigenvalue weighted by Gasteiger charge is -2.34. The van der Waals surface area contributed by atoms with Crippen LogP contribution in [0.5, 0.6) is 0 Å². The monoisotopic (exact) mass is 427 g/mol. The molecule has 0 radical (unpaired) electrons. The van der Waals surface area contributed by atoms with Gasteiger partial charge in [-0.2, -0.15) is 0 Å². The number of carbonyl (C=O) groups is 4. The third-order valence-corrected chi connectivity index (χ3v) is 6.42. The second-order valence-electron chi connectivity index (χ2n) is 8.87. The summed E-state index contributed by atoms with van der Waals surface area (Å²) in [6.45, 7) is 5.80. The lowest BCUT2D eigenvalue weighted by atomic mass is 9.96. The maximum Gasteiger partial charge on any atom is 0.325 e. The highest BCUT2D eigenvalue weighted by atomic mass is 16.2. The van der Waals surface area contributed by atoms with Gasteiger partial charge in [0.15, 0.2) is 0 Å². The van der Waals surface area contributed by atoms with E-state index < -0.39 is 11.6 Å². The normalized spacial score (nSPS) is 24.3. The first kappa shape index (κ1) is 21.3. The molecule has 1 aliphatic carbocycles. The standard InChI is InChI=1S/C22H29N5O4/c1-15-3-7-17(8-4-15)23-18(28)13-25-9-11-26(12-10-25)19(29)14-27-20(30)22(2,16-5-6-16)24-21(27)31/h3-4,7-8,16H,5-6,9-14H2,1-2H3,(H,23,28)(H,24,31)/t22-/m1/s1. The van der Waals surface area contributed by atoms with E-state index in [4.69, 9.17) is 0 Å². The van der Waals surface area contributed by atoms with Crippen molar-refractivity contribution in [2.75, 3.05) is 44.6 Å². The van der Waals surface area contributed by atoms with Crippen molar-refractivity contribution in [1.82, 2.24) is 20.0 Å². The number of nitrogens with one attached hydrogen (secondary N) is 2. The number of hydrogen-bond donors (Lipinski definition) is 2. The summed E-state index contributed by atoms with van der Waals surface area (Å²) in [5.74, 6) is -0.479. The van der Waals surface area contributed by atoms with Gasteiger partial charge in [-0.3, -0.25) is 24.2 Å². The van der Waals surface area contributed by atoms with Crippen LogP contribution in [0, 0.1) is 12.8 Å². The molecule has 0 spiro atoms. The molecule has 1 aromatic rings. The van der Waals surface area contributed by atoms with Crippen LogP contribution in [-0.2, 0) is 14.4 Å². The van der Waals surface area contributed by atoms with Gasteiger partial charge in [-0.25, -0.2) is 4.79 Å². The second kappa shape index (κ2) is 8.30. The van der Waals surface area contributed by atoms with Crippen molar-refractivity contribution in [1.29, 1.82) is 0 Å². The van der Waals surface area contributed by atoms with E-state index in [-0.39, 0.29) is 36.7 Å². The summed E-state index contributed by atoms with van der Waals surface area (Å²) < 4.78 is 0. The highest BCUT2D eigenvalue weighted by Crippen LogP contribution is 2.42. The number of aryl methyl sites for hydroxylation is 1. The Morgan fingerprint density at radius 1 is 1.06 bits per heavy atom. The number of amides is 5. The molecule has 3 fully saturated rings. The number of imide groups is 1. The van der Waals surface area contributed by atoms with Crippen molar-refractivity contribution < 1.29 is 19.2 Å². The van der Waals surface area contributed by atoms with E-state index in [0.29, 0.717) is 26.2 Å². The molecule has 2 aliphatic heterocycles. The highest BCUT2D eigenvalue weighted by molar-refractivity contribution is 6.09. The summed E-state index contributed by atoms with van der Waals surface area (Å²) in [7, 11) is 0. The Hall–Kier alpha value is -2.94. The Kier molecular flexibility index (Phi) is 5.70. The molecule has 1 saturated carbocycles. The second-order valence-corrected chi connectivity index (χ2v) is 8.87. The smallest absolute Gasteiger partial charge is 0.325 e. The predicted molar refractivity (Wildman–Crippen MR) is 114 cm³/mol. The fraction of sp³-hybridized carbons (Fsp3) is 0.545. The van der Waals surface area contributed by atoms with Gasteiger partial charge in [0, 0.05) is 31.9 Å². The molecule has 2 N–H and O–H groups in total. The number of piperazine rings is 1. The number of hydrogen-bond acceptors (Lipinski definition) is 5. The molecule has 166 valence electrons. The Bertz CT molecular complexity index is 890. The van der Waals surface area contributed by atoms with Gasteiger partial charge < -0.3 is 15.5 Å². The van der Waals surface area contributed by atoms with Crippen molar-refractivity contribution in [2.45, 2.75) is 32.2 Å². The van der Waals surface area contributed by atoms with E-state index in [1.807, 2.05) is 36.1 Å². The third-order valence-electron chi connectivity index (χ3n) is 6.42. The first-order valence-corrected chi connectivity index (χ1v) is 10.8. The summed E-state index contributed by atoms with van der Waals surface area (Å²) in [6.07, 6.45) is 1.84. The number of urea groups is 1. The van der Waals surface area contributed by atoms with Crippen LogP contribution in [0.3, 0.4) is 0 Å². The molecule has 3 aliphatic rings. The number of benzene rings is 1. The number of rotatable bonds is 6. The first-order chi connectivity index (χ1) is 14.8. The summed E-state index contributed by atoms with van der Waals surface area (Å²) in [6, 6.07) is 7.14. The summed E-state index contributed by atoms with van der Waals surface area (Å²) in [5.41, 5.74) is 1.01. The summed E-state index contributed by atoms with van der Waals surface area (Å²) in [5, 5.41) is 5.65. The zero-order chi connectivity index (χ0) is 22.2. The van der Waals surface area contributed by atoms with Crippen molar-refractivity contribution in [3.8, 4) is 0 Å². The Labute approximate surface area is 181 Å². The van der Waals surface area contributed by atoms with Crippen molar-refractivity contribution in [2.24, 2.45) is 5.92 Å². The van der Waals surface area contributed by atoms with Crippen LogP contribution >= 0.6 is 0 Å². The molecule has 0 aromatic heterocycles. The SMILES string of the molecule is Cc1ccc(NC(=O)CN2CCN(C(=O)CN3C(=O)N[C@](C)(C4CC4)C3=O)CC2)cc1. The molecule has 1 aromatic carbocycles. The van der Waals surface area contributed by atoms with E-state index in [9.17, 15) is 19.2 Å². The predicted octanol–water partition coefficient (Wildman–Crippen LogP) is 0.798. The van der Waals surface area contributed by atoms with Gasteiger partial charge in [0.2, 0.25) is 11.8 Å². The average Bonchev–Trinajstić information content (AvgIpc) is 3.56. The van der Waals surface area contributed by atoms with Crippen LogP contribution in [0.25, 0.3) is 0 Å². The minimum Gasteiger partial charge on any atom is -0.339 e. The average molecular weight is 428 g/mol. The van der Waals surface area contributed by atoms with Gasteiger partial charge in [0.1, 0.15) is 12.1 Å². The molecule has 2 saturated heterocycles. The molecule has 9 heteroatoms. The van der Waals surface area contributed by atoms with Crippen molar-refractivity contribution in [3.63, 3.8) is 0 Å². The van der Waals surface area contributed by atoms with Gasteiger partial charge in [-0.05, 0) is 44.7 Å². The Morgan fingerprint density at radius 3 is 2.32 bits per heavy atom. The summed E-state index contributed by atoms with van der Waals surface area (Å²) in [4.78, 5) is 54.6. The number of carbonyl (C=O) groups excluding carboxylic acids is 4.